The fraction of sp³-hybridized carbons (Fsp3) is 0.800. The normalized spacial score (nSPS) is 19.9. The van der Waals surface area contributed by atoms with Gasteiger partial charge in [0.15, 0.2) is 9.84 Å². The van der Waals surface area contributed by atoms with Crippen LogP contribution in [0.15, 0.2) is 11.0 Å². The molecule has 0 spiro atoms. The van der Waals surface area contributed by atoms with E-state index in [1.54, 1.807) is 0 Å². The fourth-order valence-electron chi connectivity index (χ4n) is 1.76. The molecule has 0 aromatic carbocycles. The highest BCUT2D eigenvalue weighted by Gasteiger charge is 2.09. The molecule has 1 saturated carbocycles. The minimum absolute atomic E-state index is 0.0451. The van der Waals surface area contributed by atoms with E-state index in [1.165, 1.54) is 24.7 Å². The molecule has 1 aliphatic rings. The number of hydrogen-bond acceptors (Lipinski definition) is 2. The zero-order valence-electron chi connectivity index (χ0n) is 8.34. The molecule has 4 heteroatoms. The number of alkyl halides is 1. The summed E-state index contributed by atoms with van der Waals surface area (Å²) >= 11 is 3.00. The largest absolute Gasteiger partial charge is 0.223 e. The first-order valence-corrected chi connectivity index (χ1v) is 7.96. The zero-order chi connectivity index (χ0) is 10.4. The molecule has 0 atom stereocenters. The van der Waals surface area contributed by atoms with Crippen LogP contribution in [-0.2, 0) is 9.84 Å². The summed E-state index contributed by atoms with van der Waals surface area (Å²) in [4.78, 5) is 0. The quantitative estimate of drug-likeness (QED) is 0.727. The van der Waals surface area contributed by atoms with Gasteiger partial charge in [-0.05, 0) is 25.7 Å². The van der Waals surface area contributed by atoms with Crippen molar-refractivity contribution >= 4 is 25.8 Å². The summed E-state index contributed by atoms with van der Waals surface area (Å²) in [7, 11) is -2.99. The summed E-state index contributed by atoms with van der Waals surface area (Å²) in [6.07, 6.45) is 8.00. The van der Waals surface area contributed by atoms with Crippen LogP contribution in [0.4, 0.5) is 0 Å². The number of sulfone groups is 1. The maximum atomic E-state index is 11.3. The van der Waals surface area contributed by atoms with Crippen molar-refractivity contribution in [1.82, 2.24) is 0 Å². The molecule has 0 unspecified atom stereocenters. The lowest BCUT2D eigenvalue weighted by molar-refractivity contribution is 0.567. The molecule has 0 N–H and O–H groups in total. The van der Waals surface area contributed by atoms with E-state index in [-0.39, 0.29) is 4.66 Å². The predicted molar refractivity (Wildman–Crippen MR) is 63.1 cm³/mol. The Balaban J connectivity index is 2.64. The van der Waals surface area contributed by atoms with Crippen molar-refractivity contribution in [2.75, 3.05) is 4.66 Å². The number of allylic oxidation sites excluding steroid dienone is 1. The van der Waals surface area contributed by atoms with Crippen LogP contribution in [-0.4, -0.2) is 13.1 Å². The van der Waals surface area contributed by atoms with Crippen molar-refractivity contribution in [2.45, 2.75) is 44.9 Å². The Bertz CT molecular complexity index is 283. The third-order valence-electron chi connectivity index (χ3n) is 2.49. The summed E-state index contributed by atoms with van der Waals surface area (Å²) in [6, 6.07) is 0. The molecular weight excluding hydrogens is 264 g/mol. The van der Waals surface area contributed by atoms with Crippen LogP contribution in [0.5, 0.6) is 0 Å². The van der Waals surface area contributed by atoms with E-state index in [1.807, 2.05) is 0 Å². The lowest BCUT2D eigenvalue weighted by atomic mass is 9.97. The van der Waals surface area contributed by atoms with E-state index >= 15 is 0 Å². The molecule has 0 radical (unpaired) electrons. The van der Waals surface area contributed by atoms with Crippen LogP contribution in [0.2, 0.25) is 0 Å². The third-order valence-corrected chi connectivity index (χ3v) is 5.41. The molecule has 0 aromatic rings. The maximum absolute atomic E-state index is 11.3. The topological polar surface area (TPSA) is 34.1 Å². The smallest absolute Gasteiger partial charge is 0.181 e. The van der Waals surface area contributed by atoms with Crippen molar-refractivity contribution in [1.29, 1.82) is 0 Å². The van der Waals surface area contributed by atoms with E-state index in [9.17, 15) is 8.42 Å². The van der Waals surface area contributed by atoms with Gasteiger partial charge in [0.1, 0.15) is 4.66 Å². The Hall–Kier alpha value is 0.170. The van der Waals surface area contributed by atoms with Crippen molar-refractivity contribution < 1.29 is 8.42 Å². The Kier molecular flexibility index (Phi) is 5.17. The van der Waals surface area contributed by atoms with Gasteiger partial charge in [-0.2, -0.15) is 0 Å². The minimum Gasteiger partial charge on any atom is -0.223 e. The molecule has 1 fully saturated rings. The summed E-state index contributed by atoms with van der Waals surface area (Å²) in [5.74, 6) is 0. The second-order valence-electron chi connectivity index (χ2n) is 3.82. The Labute approximate surface area is 94.8 Å². The van der Waals surface area contributed by atoms with Crippen molar-refractivity contribution in [2.24, 2.45) is 0 Å². The Morgan fingerprint density at radius 3 is 2.07 bits per heavy atom. The van der Waals surface area contributed by atoms with Crippen molar-refractivity contribution in [3.05, 3.63) is 11.0 Å². The van der Waals surface area contributed by atoms with Crippen molar-refractivity contribution in [3.8, 4) is 0 Å². The first-order valence-electron chi connectivity index (χ1n) is 5.12. The second kappa shape index (κ2) is 5.91. The van der Waals surface area contributed by atoms with Crippen LogP contribution in [0.1, 0.15) is 44.9 Å². The average molecular weight is 281 g/mol. The van der Waals surface area contributed by atoms with Crippen LogP contribution < -0.4 is 0 Å². The summed E-state index contributed by atoms with van der Waals surface area (Å²) in [5.41, 5.74) is 1.11. The van der Waals surface area contributed by atoms with Gasteiger partial charge in [-0.15, -0.1) is 0 Å². The number of halogens is 1. The summed E-state index contributed by atoms with van der Waals surface area (Å²) < 4.78 is 22.7. The van der Waals surface area contributed by atoms with E-state index in [2.05, 4.69) is 15.9 Å². The highest BCUT2D eigenvalue weighted by molar-refractivity contribution is 9.10. The molecule has 0 saturated heterocycles. The van der Waals surface area contributed by atoms with Gasteiger partial charge in [-0.1, -0.05) is 40.8 Å². The lowest BCUT2D eigenvalue weighted by Crippen LogP contribution is -1.99. The van der Waals surface area contributed by atoms with E-state index < -0.39 is 9.84 Å². The maximum Gasteiger partial charge on any atom is 0.181 e. The molecule has 0 aliphatic heterocycles. The molecule has 0 amide bonds. The average Bonchev–Trinajstić information content (AvgIpc) is 2.10. The van der Waals surface area contributed by atoms with E-state index in [4.69, 9.17) is 0 Å². The molecule has 0 aromatic heterocycles. The molecular formula is C10H17BrO2S. The molecule has 1 aliphatic carbocycles. The second-order valence-corrected chi connectivity index (χ2v) is 6.97. The molecule has 1 rings (SSSR count). The van der Waals surface area contributed by atoms with E-state index in [0.29, 0.717) is 0 Å². The third kappa shape index (κ3) is 4.60. The van der Waals surface area contributed by atoms with Gasteiger partial charge in [-0.25, -0.2) is 8.42 Å². The van der Waals surface area contributed by atoms with Gasteiger partial charge < -0.3 is 0 Å². The van der Waals surface area contributed by atoms with Gasteiger partial charge in [-0.3, -0.25) is 0 Å². The van der Waals surface area contributed by atoms with Crippen LogP contribution in [0.3, 0.4) is 0 Å². The van der Waals surface area contributed by atoms with Crippen LogP contribution in [0, 0.1) is 0 Å². The first-order chi connectivity index (χ1) is 6.64. The first kappa shape index (κ1) is 12.2. The number of hydrogen-bond donors (Lipinski definition) is 0. The van der Waals surface area contributed by atoms with Crippen LogP contribution >= 0.6 is 15.9 Å². The van der Waals surface area contributed by atoms with Gasteiger partial charge >= 0.3 is 0 Å². The Morgan fingerprint density at radius 2 is 1.57 bits per heavy atom. The molecule has 0 bridgehead atoms. The highest BCUT2D eigenvalue weighted by Crippen LogP contribution is 2.22. The predicted octanol–water partition coefficient (Wildman–Crippen LogP) is 3.38. The molecule has 82 valence electrons. The van der Waals surface area contributed by atoms with Crippen LogP contribution in [0.25, 0.3) is 0 Å². The van der Waals surface area contributed by atoms with Gasteiger partial charge in [0.25, 0.3) is 0 Å². The molecule has 0 heterocycles. The van der Waals surface area contributed by atoms with E-state index in [0.717, 1.165) is 31.3 Å². The van der Waals surface area contributed by atoms with Gasteiger partial charge in [0, 0.05) is 5.41 Å². The summed E-state index contributed by atoms with van der Waals surface area (Å²) in [6.45, 7) is 0. The van der Waals surface area contributed by atoms with Gasteiger partial charge in [0.2, 0.25) is 0 Å². The number of rotatable bonds is 2. The zero-order valence-corrected chi connectivity index (χ0v) is 10.7. The highest BCUT2D eigenvalue weighted by atomic mass is 79.9. The lowest BCUT2D eigenvalue weighted by Gasteiger charge is -2.11. The SMILES string of the molecule is O=S(=O)(C=C1CCCCCCC1)CBr. The standard InChI is InChI=1S/C10H17BrO2S/c11-9-14(12,13)8-10-6-4-2-1-3-5-7-10/h8H,1-7,9H2. The monoisotopic (exact) mass is 280 g/mol. The van der Waals surface area contributed by atoms with Gasteiger partial charge in [0.05, 0.1) is 0 Å². The fourth-order valence-corrected chi connectivity index (χ4v) is 2.97. The van der Waals surface area contributed by atoms with Crippen molar-refractivity contribution in [3.63, 3.8) is 0 Å². The Morgan fingerprint density at radius 1 is 1.07 bits per heavy atom. The minimum atomic E-state index is -2.99. The molecule has 2 nitrogen and oxygen atoms in total. The molecule has 14 heavy (non-hydrogen) atoms. The summed E-state index contributed by atoms with van der Waals surface area (Å²) in [5, 5.41) is 1.48.